The Labute approximate surface area is 239 Å². The van der Waals surface area contributed by atoms with E-state index in [4.69, 9.17) is 16.6 Å². The van der Waals surface area contributed by atoms with Crippen LogP contribution >= 0.6 is 23.4 Å². The van der Waals surface area contributed by atoms with Crippen LogP contribution in [0.4, 0.5) is 0 Å². The van der Waals surface area contributed by atoms with E-state index in [2.05, 4.69) is 24.3 Å². The van der Waals surface area contributed by atoms with Crippen molar-refractivity contribution in [3.63, 3.8) is 0 Å². The van der Waals surface area contributed by atoms with Crippen LogP contribution in [0.3, 0.4) is 0 Å². The molecule has 0 saturated carbocycles. The van der Waals surface area contributed by atoms with Crippen molar-refractivity contribution in [1.82, 2.24) is 4.98 Å². The summed E-state index contributed by atoms with van der Waals surface area (Å²) in [5.74, 6) is -0.692. The fourth-order valence-corrected chi connectivity index (χ4v) is 6.00. The summed E-state index contributed by atoms with van der Waals surface area (Å²) in [4.78, 5) is 16.2. The van der Waals surface area contributed by atoms with Crippen LogP contribution in [0.2, 0.25) is 5.02 Å². The van der Waals surface area contributed by atoms with E-state index in [9.17, 15) is 15.0 Å². The molecule has 1 heterocycles. The molecule has 0 radical (unpaired) electrons. The van der Waals surface area contributed by atoms with Crippen LogP contribution in [-0.4, -0.2) is 26.9 Å². The first kappa shape index (κ1) is 28.9. The minimum Gasteiger partial charge on any atom is -0.481 e. The van der Waals surface area contributed by atoms with Crippen molar-refractivity contribution in [2.24, 2.45) is 5.92 Å². The second kappa shape index (κ2) is 12.8. The van der Waals surface area contributed by atoms with Crippen molar-refractivity contribution >= 4 is 52.4 Å². The van der Waals surface area contributed by atoms with Crippen LogP contribution in [-0.2, 0) is 16.8 Å². The number of hydrogen-bond acceptors (Lipinski definition) is 4. The fourth-order valence-electron chi connectivity index (χ4n) is 4.54. The maximum atomic E-state index is 11.5. The van der Waals surface area contributed by atoms with Gasteiger partial charge >= 0.3 is 5.97 Å². The number of benzene rings is 3. The van der Waals surface area contributed by atoms with E-state index in [0.29, 0.717) is 10.8 Å². The summed E-state index contributed by atoms with van der Waals surface area (Å²) in [7, 11) is 0. The summed E-state index contributed by atoms with van der Waals surface area (Å²) in [5.41, 5.74) is 5.01. The zero-order chi connectivity index (χ0) is 28.0. The van der Waals surface area contributed by atoms with E-state index in [1.807, 2.05) is 66.7 Å². The molecule has 0 fully saturated rings. The van der Waals surface area contributed by atoms with Crippen LogP contribution < -0.4 is 0 Å². The highest BCUT2D eigenvalue weighted by Crippen LogP contribution is 2.36. The van der Waals surface area contributed by atoms with E-state index in [1.54, 1.807) is 32.5 Å². The summed E-state index contributed by atoms with van der Waals surface area (Å²) < 4.78 is 0. The molecule has 0 unspecified atom stereocenters. The molecule has 4 aromatic rings. The number of aliphatic carboxylic acids is 1. The highest BCUT2D eigenvalue weighted by Gasteiger charge is 2.22. The lowest BCUT2D eigenvalue weighted by Gasteiger charge is -2.23. The first-order valence-electron chi connectivity index (χ1n) is 13.1. The molecule has 202 valence electrons. The molecule has 0 amide bonds. The lowest BCUT2D eigenvalue weighted by Crippen LogP contribution is -2.18. The Kier molecular flexibility index (Phi) is 9.49. The molecule has 0 aliphatic rings. The number of fused-ring (bicyclic) bond motifs is 1. The molecule has 0 spiro atoms. The highest BCUT2D eigenvalue weighted by atomic mass is 35.5. The topological polar surface area (TPSA) is 70.4 Å². The van der Waals surface area contributed by atoms with Gasteiger partial charge in [-0.2, -0.15) is 11.8 Å². The molecule has 0 aliphatic heterocycles. The summed E-state index contributed by atoms with van der Waals surface area (Å²) in [6, 6.07) is 26.1. The number of halogens is 1. The van der Waals surface area contributed by atoms with Gasteiger partial charge in [-0.25, -0.2) is 4.98 Å². The number of rotatable bonds is 11. The number of aromatic nitrogens is 1. The smallest absolute Gasteiger partial charge is 0.307 e. The predicted octanol–water partition coefficient (Wildman–Crippen LogP) is 8.41. The second-order valence-corrected chi connectivity index (χ2v) is 12.1. The van der Waals surface area contributed by atoms with Gasteiger partial charge in [0.2, 0.25) is 0 Å². The molecule has 6 heteroatoms. The number of carboxylic acid groups (broad SMARTS) is 1. The molecule has 0 saturated heterocycles. The largest absolute Gasteiger partial charge is 0.481 e. The third-order valence-corrected chi connectivity index (χ3v) is 8.56. The predicted molar refractivity (Wildman–Crippen MR) is 164 cm³/mol. The summed E-state index contributed by atoms with van der Waals surface area (Å²) >= 11 is 7.82. The lowest BCUT2D eigenvalue weighted by molar-refractivity contribution is -0.140. The number of carbonyl (C=O) groups is 1. The normalized spacial score (nSPS) is 13.6. The zero-order valence-corrected chi connectivity index (χ0v) is 24.0. The quantitative estimate of drug-likeness (QED) is 0.193. The molecule has 2 atom stereocenters. The number of carboxylic acids is 1. The minimum absolute atomic E-state index is 0.107. The first-order chi connectivity index (χ1) is 18.6. The van der Waals surface area contributed by atoms with Gasteiger partial charge in [0.25, 0.3) is 0 Å². The van der Waals surface area contributed by atoms with Crippen molar-refractivity contribution in [2.45, 2.75) is 44.5 Å². The average Bonchev–Trinajstić information content (AvgIpc) is 2.91. The average molecular weight is 560 g/mol. The Morgan fingerprint density at radius 3 is 2.56 bits per heavy atom. The van der Waals surface area contributed by atoms with Gasteiger partial charge in [-0.3, -0.25) is 4.79 Å². The summed E-state index contributed by atoms with van der Waals surface area (Å²) in [6.45, 7) is 5.36. The molecular formula is C33H34ClNO3S. The Bertz CT molecular complexity index is 1480. The maximum Gasteiger partial charge on any atom is 0.307 e. The van der Waals surface area contributed by atoms with E-state index in [-0.39, 0.29) is 5.25 Å². The van der Waals surface area contributed by atoms with Crippen molar-refractivity contribution in [3.8, 4) is 0 Å². The van der Waals surface area contributed by atoms with Crippen LogP contribution in [0.5, 0.6) is 0 Å². The molecule has 4 nitrogen and oxygen atoms in total. The second-order valence-electron chi connectivity index (χ2n) is 10.4. The molecule has 0 aliphatic carbocycles. The highest BCUT2D eigenvalue weighted by molar-refractivity contribution is 7.99. The van der Waals surface area contributed by atoms with Crippen molar-refractivity contribution in [1.29, 1.82) is 0 Å². The van der Waals surface area contributed by atoms with E-state index < -0.39 is 17.5 Å². The van der Waals surface area contributed by atoms with Gasteiger partial charge in [0.15, 0.2) is 0 Å². The lowest BCUT2D eigenvalue weighted by atomic mass is 9.90. The number of hydrogen-bond donors (Lipinski definition) is 2. The minimum atomic E-state index is -0.927. The van der Waals surface area contributed by atoms with Gasteiger partial charge < -0.3 is 10.2 Å². The van der Waals surface area contributed by atoms with Gasteiger partial charge in [-0.05, 0) is 73.2 Å². The van der Waals surface area contributed by atoms with Crippen LogP contribution in [0.25, 0.3) is 23.1 Å². The van der Waals surface area contributed by atoms with Crippen LogP contribution in [0.15, 0.2) is 78.9 Å². The number of nitrogens with zero attached hydrogens (tertiary/aromatic N) is 1. The Morgan fingerprint density at radius 2 is 1.79 bits per heavy atom. The Hall–Kier alpha value is -3.12. The monoisotopic (exact) mass is 559 g/mol. The SMILES string of the molecule is C[C@H](CS[C@H](CCc1ccccc1C(C)(C)O)c1cccc(C=Cc2ccc3ccc(Cl)cc3n2)c1)C(=O)O. The molecule has 3 aromatic carbocycles. The number of pyridine rings is 1. The van der Waals surface area contributed by atoms with Gasteiger partial charge in [0.1, 0.15) is 0 Å². The summed E-state index contributed by atoms with van der Waals surface area (Å²) in [6.07, 6.45) is 5.65. The Morgan fingerprint density at radius 1 is 1.03 bits per heavy atom. The van der Waals surface area contributed by atoms with Gasteiger partial charge in [-0.1, -0.05) is 85.3 Å². The summed E-state index contributed by atoms with van der Waals surface area (Å²) in [5, 5.41) is 21.9. The maximum absolute atomic E-state index is 11.5. The van der Waals surface area contributed by atoms with Crippen molar-refractivity contribution < 1.29 is 15.0 Å². The first-order valence-corrected chi connectivity index (χ1v) is 14.5. The van der Waals surface area contributed by atoms with E-state index in [0.717, 1.165) is 51.7 Å². The Balaban J connectivity index is 1.56. The van der Waals surface area contributed by atoms with E-state index >= 15 is 0 Å². The molecule has 0 bridgehead atoms. The fraction of sp³-hybridized carbons (Fsp3) is 0.273. The standard InChI is InChI=1S/C33H34ClNO3S/c1-22(32(36)37)21-39-31(18-14-24-8-4-5-10-29(24)33(2,3)38)26-9-6-7-23(19-26)11-16-28-17-13-25-12-15-27(34)20-30(25)35-28/h4-13,15-17,19-20,22,31,38H,14,18,21H2,1-3H3,(H,36,37)/t22-,31-/m1/s1. The van der Waals surface area contributed by atoms with Gasteiger partial charge in [-0.15, -0.1) is 0 Å². The molecule has 1 aromatic heterocycles. The van der Waals surface area contributed by atoms with Crippen molar-refractivity contribution in [3.05, 3.63) is 112 Å². The van der Waals surface area contributed by atoms with E-state index in [1.165, 1.54) is 0 Å². The molecular weight excluding hydrogens is 526 g/mol. The van der Waals surface area contributed by atoms with Gasteiger partial charge in [0.05, 0.1) is 22.7 Å². The number of thioether (sulfide) groups is 1. The van der Waals surface area contributed by atoms with Crippen molar-refractivity contribution in [2.75, 3.05) is 5.75 Å². The molecule has 2 N–H and O–H groups in total. The molecule has 39 heavy (non-hydrogen) atoms. The van der Waals surface area contributed by atoms with Crippen LogP contribution in [0.1, 0.15) is 60.4 Å². The van der Waals surface area contributed by atoms with Gasteiger partial charge in [0, 0.05) is 21.4 Å². The van der Waals surface area contributed by atoms with Crippen LogP contribution in [0, 0.1) is 5.92 Å². The third-order valence-electron chi connectivity index (χ3n) is 6.73. The number of aryl methyl sites for hydroxylation is 1. The molecule has 4 rings (SSSR count). The zero-order valence-electron chi connectivity index (χ0n) is 22.5. The number of aliphatic hydroxyl groups is 1. The third kappa shape index (κ3) is 7.95.